The summed E-state index contributed by atoms with van der Waals surface area (Å²) >= 11 is 3.44. The van der Waals surface area contributed by atoms with Gasteiger partial charge in [-0.2, -0.15) is 0 Å². The van der Waals surface area contributed by atoms with E-state index in [1.54, 1.807) is 43.5 Å². The van der Waals surface area contributed by atoms with Gasteiger partial charge in [0.15, 0.2) is 0 Å². The highest BCUT2D eigenvalue weighted by atomic mass is 79.9. The summed E-state index contributed by atoms with van der Waals surface area (Å²) in [4.78, 5) is 0.331. The molecule has 0 bridgehead atoms. The molecule has 1 aromatic heterocycles. The van der Waals surface area contributed by atoms with Crippen LogP contribution in [0.15, 0.2) is 64.1 Å². The first-order chi connectivity index (χ1) is 9.51. The average Bonchev–Trinajstić information content (AvgIpc) is 2.85. The Morgan fingerprint density at radius 3 is 2.50 bits per heavy atom. The molecule has 1 heterocycles. The van der Waals surface area contributed by atoms with E-state index in [1.807, 2.05) is 18.2 Å². The lowest BCUT2D eigenvalue weighted by Gasteiger charge is -2.10. The fourth-order valence-electron chi connectivity index (χ4n) is 2.27. The minimum Gasteiger partial charge on any atom is -0.241 e. The minimum absolute atomic E-state index is 0.331. The van der Waals surface area contributed by atoms with Gasteiger partial charge in [-0.1, -0.05) is 40.2 Å². The van der Waals surface area contributed by atoms with Crippen molar-refractivity contribution in [2.45, 2.75) is 11.8 Å². The summed E-state index contributed by atoms with van der Waals surface area (Å²) in [6.07, 6.45) is 1.59. The fourth-order valence-corrected chi connectivity index (χ4v) is 4.33. The highest BCUT2D eigenvalue weighted by Crippen LogP contribution is 2.28. The number of fused-ring (bicyclic) bond motifs is 1. The molecule has 0 saturated heterocycles. The van der Waals surface area contributed by atoms with Crippen molar-refractivity contribution in [2.24, 2.45) is 0 Å². The molecule has 20 heavy (non-hydrogen) atoms. The number of aryl methyl sites for hydroxylation is 1. The third kappa shape index (κ3) is 1.98. The van der Waals surface area contributed by atoms with E-state index < -0.39 is 10.0 Å². The van der Waals surface area contributed by atoms with Crippen molar-refractivity contribution >= 4 is 36.9 Å². The quantitative estimate of drug-likeness (QED) is 0.702. The standard InChI is InChI=1S/C15H12BrNO2S/c1-11-5-2-3-8-15(11)20(18,19)17-10-9-12-13(16)6-4-7-14(12)17/h2-10H,1H3. The van der Waals surface area contributed by atoms with Crippen LogP contribution in [0, 0.1) is 6.92 Å². The Morgan fingerprint density at radius 1 is 1.00 bits per heavy atom. The van der Waals surface area contributed by atoms with Crippen molar-refractivity contribution in [2.75, 3.05) is 0 Å². The maximum Gasteiger partial charge on any atom is 0.268 e. The number of benzene rings is 2. The predicted octanol–water partition coefficient (Wildman–Crippen LogP) is 3.95. The first-order valence-electron chi connectivity index (χ1n) is 6.08. The molecule has 0 unspecified atom stereocenters. The molecule has 0 N–H and O–H groups in total. The summed E-state index contributed by atoms with van der Waals surface area (Å²) in [6, 6.07) is 14.3. The molecular weight excluding hydrogens is 338 g/mol. The van der Waals surface area contributed by atoms with E-state index in [1.165, 1.54) is 3.97 Å². The zero-order valence-corrected chi connectivity index (χ0v) is 13.1. The van der Waals surface area contributed by atoms with Gasteiger partial charge >= 0.3 is 0 Å². The van der Waals surface area contributed by atoms with E-state index in [0.717, 1.165) is 15.4 Å². The van der Waals surface area contributed by atoms with Gasteiger partial charge in [-0.05, 0) is 36.8 Å². The van der Waals surface area contributed by atoms with Crippen molar-refractivity contribution in [3.63, 3.8) is 0 Å². The number of nitrogens with zero attached hydrogens (tertiary/aromatic N) is 1. The van der Waals surface area contributed by atoms with Crippen LogP contribution in [0.5, 0.6) is 0 Å². The van der Waals surface area contributed by atoms with Crippen LogP contribution >= 0.6 is 15.9 Å². The molecule has 5 heteroatoms. The number of hydrogen-bond donors (Lipinski definition) is 0. The van der Waals surface area contributed by atoms with Crippen LogP contribution < -0.4 is 0 Å². The SMILES string of the molecule is Cc1ccccc1S(=O)(=O)n1ccc2c(Br)cccc21. The van der Waals surface area contributed by atoms with E-state index in [9.17, 15) is 8.42 Å². The second kappa shape index (κ2) is 4.75. The van der Waals surface area contributed by atoms with Gasteiger partial charge in [0.05, 0.1) is 10.4 Å². The van der Waals surface area contributed by atoms with Crippen LogP contribution in [0.4, 0.5) is 0 Å². The second-order valence-electron chi connectivity index (χ2n) is 4.55. The van der Waals surface area contributed by atoms with Crippen LogP contribution in [-0.2, 0) is 10.0 Å². The Kier molecular flexibility index (Phi) is 3.18. The Morgan fingerprint density at radius 2 is 1.75 bits per heavy atom. The normalized spacial score (nSPS) is 11.9. The maximum absolute atomic E-state index is 12.8. The summed E-state index contributed by atoms with van der Waals surface area (Å²) in [5.74, 6) is 0. The van der Waals surface area contributed by atoms with Crippen molar-refractivity contribution in [1.29, 1.82) is 0 Å². The molecule has 0 aliphatic carbocycles. The van der Waals surface area contributed by atoms with Crippen LogP contribution in [0.3, 0.4) is 0 Å². The van der Waals surface area contributed by atoms with Gasteiger partial charge < -0.3 is 0 Å². The van der Waals surface area contributed by atoms with Crippen LogP contribution in [0.1, 0.15) is 5.56 Å². The van der Waals surface area contributed by atoms with Crippen LogP contribution in [0.2, 0.25) is 0 Å². The second-order valence-corrected chi connectivity index (χ2v) is 7.19. The largest absolute Gasteiger partial charge is 0.268 e. The van der Waals surface area contributed by atoms with Crippen molar-refractivity contribution in [3.8, 4) is 0 Å². The highest BCUT2D eigenvalue weighted by Gasteiger charge is 2.20. The van der Waals surface area contributed by atoms with Crippen LogP contribution in [0.25, 0.3) is 10.9 Å². The molecule has 0 amide bonds. The molecule has 0 spiro atoms. The van der Waals surface area contributed by atoms with Gasteiger partial charge in [0, 0.05) is 16.1 Å². The minimum atomic E-state index is -3.57. The van der Waals surface area contributed by atoms with Crippen molar-refractivity contribution in [1.82, 2.24) is 3.97 Å². The third-order valence-corrected chi connectivity index (χ3v) is 5.82. The fraction of sp³-hybridized carbons (Fsp3) is 0.0667. The molecular formula is C15H12BrNO2S. The topological polar surface area (TPSA) is 39.1 Å². The number of rotatable bonds is 2. The average molecular weight is 350 g/mol. The molecule has 0 aliphatic heterocycles. The molecule has 3 nitrogen and oxygen atoms in total. The van der Waals surface area contributed by atoms with Gasteiger partial charge in [-0.15, -0.1) is 0 Å². The number of hydrogen-bond acceptors (Lipinski definition) is 2. The molecule has 3 rings (SSSR count). The molecule has 102 valence electrons. The molecule has 0 fully saturated rings. The summed E-state index contributed by atoms with van der Waals surface area (Å²) in [6.45, 7) is 1.80. The lowest BCUT2D eigenvalue weighted by Crippen LogP contribution is -2.13. The summed E-state index contributed by atoms with van der Waals surface area (Å²) in [5.41, 5.74) is 1.41. The summed E-state index contributed by atoms with van der Waals surface area (Å²) < 4.78 is 27.8. The molecule has 0 saturated carbocycles. The van der Waals surface area contributed by atoms with Gasteiger partial charge in [0.25, 0.3) is 10.0 Å². The monoisotopic (exact) mass is 349 g/mol. The van der Waals surface area contributed by atoms with E-state index in [2.05, 4.69) is 15.9 Å². The smallest absolute Gasteiger partial charge is 0.241 e. The third-order valence-electron chi connectivity index (χ3n) is 3.27. The summed E-state index contributed by atoms with van der Waals surface area (Å²) in [5, 5.41) is 0.879. The lowest BCUT2D eigenvalue weighted by molar-refractivity contribution is 0.588. The van der Waals surface area contributed by atoms with Crippen molar-refractivity contribution < 1.29 is 8.42 Å². The highest BCUT2D eigenvalue weighted by molar-refractivity contribution is 9.10. The number of aromatic nitrogens is 1. The zero-order valence-electron chi connectivity index (χ0n) is 10.7. The predicted molar refractivity (Wildman–Crippen MR) is 83.4 cm³/mol. The van der Waals surface area contributed by atoms with E-state index in [4.69, 9.17) is 0 Å². The van der Waals surface area contributed by atoms with E-state index in [0.29, 0.717) is 10.4 Å². The van der Waals surface area contributed by atoms with E-state index in [-0.39, 0.29) is 0 Å². The molecule has 0 radical (unpaired) electrons. The molecule has 3 aromatic rings. The first-order valence-corrected chi connectivity index (χ1v) is 8.32. The molecule has 2 aromatic carbocycles. The first kappa shape index (κ1) is 13.4. The zero-order chi connectivity index (χ0) is 14.3. The summed E-state index contributed by atoms with van der Waals surface area (Å²) in [7, 11) is -3.57. The van der Waals surface area contributed by atoms with Gasteiger partial charge in [-0.25, -0.2) is 12.4 Å². The number of halogens is 1. The van der Waals surface area contributed by atoms with Gasteiger partial charge in [0.2, 0.25) is 0 Å². The van der Waals surface area contributed by atoms with Gasteiger partial charge in [-0.3, -0.25) is 0 Å². The lowest BCUT2D eigenvalue weighted by atomic mass is 10.2. The molecule has 0 aliphatic rings. The van der Waals surface area contributed by atoms with E-state index >= 15 is 0 Å². The Balaban J connectivity index is 2.31. The molecule has 0 atom stereocenters. The Hall–Kier alpha value is -1.59. The Labute approximate surface area is 126 Å². The van der Waals surface area contributed by atoms with Gasteiger partial charge in [0.1, 0.15) is 0 Å². The maximum atomic E-state index is 12.8. The van der Waals surface area contributed by atoms with Crippen molar-refractivity contribution in [3.05, 3.63) is 64.8 Å². The van der Waals surface area contributed by atoms with Crippen LogP contribution in [-0.4, -0.2) is 12.4 Å². The Bertz CT molecular complexity index is 897.